The number of hydrogen-bond donors (Lipinski definition) is 1. The summed E-state index contributed by atoms with van der Waals surface area (Å²) in [5.41, 5.74) is 2.25. The molecule has 3 rings (SSSR count). The highest BCUT2D eigenvalue weighted by atomic mass is 79.9. The summed E-state index contributed by atoms with van der Waals surface area (Å²) in [5.74, 6) is 1.63. The molecular weight excluding hydrogens is 332 g/mol. The molecule has 1 unspecified atom stereocenters. The number of methoxy groups -OCH3 is 1. The number of aromatic nitrogens is 1. The normalized spacial score (nSPS) is 17.0. The van der Waals surface area contributed by atoms with E-state index in [1.165, 1.54) is 5.56 Å². The monoisotopic (exact) mass is 348 g/mol. The Hall–Kier alpha value is -1.59. The lowest BCUT2D eigenvalue weighted by Crippen LogP contribution is -2.27. The minimum Gasteiger partial charge on any atom is -0.493 e. The summed E-state index contributed by atoms with van der Waals surface area (Å²) in [4.78, 5) is 4.22. The van der Waals surface area contributed by atoms with Crippen LogP contribution < -0.4 is 14.8 Å². The summed E-state index contributed by atoms with van der Waals surface area (Å²) < 4.78 is 12.1. The van der Waals surface area contributed by atoms with Gasteiger partial charge in [-0.3, -0.25) is 0 Å². The Morgan fingerprint density at radius 2 is 2.33 bits per heavy atom. The lowest BCUT2D eigenvalue weighted by Gasteiger charge is -2.27. The average molecular weight is 349 g/mol. The van der Waals surface area contributed by atoms with Gasteiger partial charge in [-0.05, 0) is 24.3 Å². The topological polar surface area (TPSA) is 43.4 Å². The molecule has 1 aromatic heterocycles. The maximum atomic E-state index is 5.71. The van der Waals surface area contributed by atoms with Crippen LogP contribution in [0.25, 0.3) is 0 Å². The molecule has 110 valence electrons. The van der Waals surface area contributed by atoms with Crippen molar-refractivity contribution in [3.8, 4) is 11.6 Å². The third-order valence-electron chi connectivity index (χ3n) is 3.59. The summed E-state index contributed by atoms with van der Waals surface area (Å²) in [6.07, 6.45) is 2.69. The van der Waals surface area contributed by atoms with E-state index in [-0.39, 0.29) is 6.04 Å². The zero-order valence-corrected chi connectivity index (χ0v) is 13.4. The van der Waals surface area contributed by atoms with Gasteiger partial charge in [-0.1, -0.05) is 22.0 Å². The van der Waals surface area contributed by atoms with Crippen molar-refractivity contribution in [3.05, 3.63) is 52.1 Å². The molecule has 0 spiro atoms. The molecule has 2 aromatic rings. The van der Waals surface area contributed by atoms with Gasteiger partial charge in [0, 0.05) is 40.8 Å². The van der Waals surface area contributed by atoms with Crippen LogP contribution >= 0.6 is 15.9 Å². The van der Waals surface area contributed by atoms with E-state index >= 15 is 0 Å². The predicted molar refractivity (Wildman–Crippen MR) is 84.6 cm³/mol. The molecular formula is C16H17BrN2O2. The lowest BCUT2D eigenvalue weighted by molar-refractivity contribution is 0.251. The summed E-state index contributed by atoms with van der Waals surface area (Å²) in [6, 6.07) is 10.4. The van der Waals surface area contributed by atoms with Gasteiger partial charge >= 0.3 is 0 Å². The number of ether oxygens (including phenoxy) is 2. The van der Waals surface area contributed by atoms with Crippen molar-refractivity contribution in [2.75, 3.05) is 13.7 Å². The Balaban J connectivity index is 1.76. The highest BCUT2D eigenvalue weighted by Gasteiger charge is 2.21. The Kier molecular flexibility index (Phi) is 4.41. The van der Waals surface area contributed by atoms with Crippen molar-refractivity contribution >= 4 is 15.9 Å². The quantitative estimate of drug-likeness (QED) is 0.918. The molecule has 4 nitrogen and oxygen atoms in total. The van der Waals surface area contributed by atoms with Crippen molar-refractivity contribution < 1.29 is 9.47 Å². The van der Waals surface area contributed by atoms with Gasteiger partial charge in [-0.25, -0.2) is 4.98 Å². The molecule has 1 aliphatic heterocycles. The SMILES string of the molecule is COc1ncccc1CNC1CCOc2ccc(Br)cc21. The van der Waals surface area contributed by atoms with E-state index in [1.807, 2.05) is 24.3 Å². The highest BCUT2D eigenvalue weighted by molar-refractivity contribution is 9.10. The second-order valence-electron chi connectivity index (χ2n) is 4.92. The number of nitrogens with one attached hydrogen (secondary N) is 1. The fourth-order valence-electron chi connectivity index (χ4n) is 2.55. The second-order valence-corrected chi connectivity index (χ2v) is 5.84. The lowest BCUT2D eigenvalue weighted by atomic mass is 10.0. The van der Waals surface area contributed by atoms with Crippen LogP contribution in [-0.2, 0) is 6.54 Å². The van der Waals surface area contributed by atoms with Crippen LogP contribution in [0.1, 0.15) is 23.6 Å². The van der Waals surface area contributed by atoms with Crippen LogP contribution in [0, 0.1) is 0 Å². The zero-order chi connectivity index (χ0) is 14.7. The van der Waals surface area contributed by atoms with Crippen LogP contribution in [0.4, 0.5) is 0 Å². The van der Waals surface area contributed by atoms with E-state index < -0.39 is 0 Å². The second kappa shape index (κ2) is 6.45. The largest absolute Gasteiger partial charge is 0.493 e. The zero-order valence-electron chi connectivity index (χ0n) is 11.8. The van der Waals surface area contributed by atoms with E-state index in [4.69, 9.17) is 9.47 Å². The molecule has 1 aliphatic rings. The van der Waals surface area contributed by atoms with E-state index in [1.54, 1.807) is 13.3 Å². The molecule has 1 atom stereocenters. The van der Waals surface area contributed by atoms with Crippen LogP contribution in [0.3, 0.4) is 0 Å². The van der Waals surface area contributed by atoms with E-state index in [0.717, 1.165) is 28.8 Å². The van der Waals surface area contributed by atoms with E-state index in [9.17, 15) is 0 Å². The van der Waals surface area contributed by atoms with Crippen molar-refractivity contribution in [3.63, 3.8) is 0 Å². The number of benzene rings is 1. The Morgan fingerprint density at radius 1 is 1.43 bits per heavy atom. The van der Waals surface area contributed by atoms with Crippen molar-refractivity contribution in [2.45, 2.75) is 19.0 Å². The molecule has 0 aliphatic carbocycles. The molecule has 1 N–H and O–H groups in total. The van der Waals surface area contributed by atoms with Gasteiger partial charge in [0.15, 0.2) is 0 Å². The van der Waals surface area contributed by atoms with Crippen molar-refractivity contribution in [1.29, 1.82) is 0 Å². The molecule has 0 saturated carbocycles. The minimum atomic E-state index is 0.274. The van der Waals surface area contributed by atoms with Gasteiger partial charge in [-0.15, -0.1) is 0 Å². The molecule has 0 bridgehead atoms. The van der Waals surface area contributed by atoms with Crippen molar-refractivity contribution in [2.24, 2.45) is 0 Å². The third kappa shape index (κ3) is 3.19. The fourth-order valence-corrected chi connectivity index (χ4v) is 2.93. The van der Waals surface area contributed by atoms with Gasteiger partial charge in [0.1, 0.15) is 5.75 Å². The third-order valence-corrected chi connectivity index (χ3v) is 4.09. The highest BCUT2D eigenvalue weighted by Crippen LogP contribution is 2.34. The summed E-state index contributed by atoms with van der Waals surface area (Å²) in [5, 5.41) is 3.58. The predicted octanol–water partition coefficient (Wildman–Crippen LogP) is 3.47. The number of fused-ring (bicyclic) bond motifs is 1. The smallest absolute Gasteiger partial charge is 0.217 e. The molecule has 21 heavy (non-hydrogen) atoms. The Morgan fingerprint density at radius 3 is 3.19 bits per heavy atom. The summed E-state index contributed by atoms with van der Waals surface area (Å²) >= 11 is 3.52. The van der Waals surface area contributed by atoms with Crippen LogP contribution in [-0.4, -0.2) is 18.7 Å². The maximum Gasteiger partial charge on any atom is 0.217 e. The fraction of sp³-hybridized carbons (Fsp3) is 0.312. The number of rotatable bonds is 4. The first kappa shape index (κ1) is 14.4. The minimum absolute atomic E-state index is 0.274. The number of hydrogen-bond acceptors (Lipinski definition) is 4. The van der Waals surface area contributed by atoms with Gasteiger partial charge < -0.3 is 14.8 Å². The molecule has 5 heteroatoms. The molecule has 0 fully saturated rings. The van der Waals surface area contributed by atoms with Gasteiger partial charge in [-0.2, -0.15) is 0 Å². The molecule has 0 saturated heterocycles. The average Bonchev–Trinajstić information content (AvgIpc) is 2.53. The Labute approximate surface area is 132 Å². The summed E-state index contributed by atoms with van der Waals surface area (Å²) in [6.45, 7) is 1.45. The molecule has 0 amide bonds. The number of halogens is 1. The molecule has 2 heterocycles. The van der Waals surface area contributed by atoms with Crippen molar-refractivity contribution in [1.82, 2.24) is 10.3 Å². The first-order chi connectivity index (χ1) is 10.3. The van der Waals surface area contributed by atoms with E-state index in [2.05, 4.69) is 32.3 Å². The standard InChI is InChI=1S/C16H17BrN2O2/c1-20-16-11(3-2-7-18-16)10-19-14-6-8-21-15-5-4-12(17)9-13(14)15/h2-5,7,9,14,19H,6,8,10H2,1H3. The van der Waals surface area contributed by atoms with Gasteiger partial charge in [0.25, 0.3) is 0 Å². The molecule has 1 aromatic carbocycles. The van der Waals surface area contributed by atoms with Gasteiger partial charge in [0.2, 0.25) is 5.88 Å². The van der Waals surface area contributed by atoms with E-state index in [0.29, 0.717) is 12.4 Å². The first-order valence-corrected chi connectivity index (χ1v) is 7.71. The maximum absolute atomic E-state index is 5.71. The molecule has 0 radical (unpaired) electrons. The van der Waals surface area contributed by atoms with Crippen LogP contribution in [0.5, 0.6) is 11.6 Å². The van der Waals surface area contributed by atoms with Crippen LogP contribution in [0.2, 0.25) is 0 Å². The Bertz CT molecular complexity index is 633. The number of pyridine rings is 1. The van der Waals surface area contributed by atoms with Crippen LogP contribution in [0.15, 0.2) is 41.0 Å². The number of nitrogens with zero attached hydrogens (tertiary/aromatic N) is 1. The summed E-state index contributed by atoms with van der Waals surface area (Å²) in [7, 11) is 1.65. The van der Waals surface area contributed by atoms with Gasteiger partial charge in [0.05, 0.1) is 13.7 Å². The first-order valence-electron chi connectivity index (χ1n) is 6.91.